The highest BCUT2D eigenvalue weighted by atomic mass is 32.2. The summed E-state index contributed by atoms with van der Waals surface area (Å²) < 4.78 is 34.8. The van der Waals surface area contributed by atoms with Crippen LogP contribution < -0.4 is 4.72 Å². The molecule has 1 N–H and O–H groups in total. The summed E-state index contributed by atoms with van der Waals surface area (Å²) >= 11 is 0. The van der Waals surface area contributed by atoms with E-state index in [1.54, 1.807) is 23.8 Å². The molecule has 1 aliphatic heterocycles. The third-order valence-corrected chi connectivity index (χ3v) is 9.76. The van der Waals surface area contributed by atoms with Gasteiger partial charge in [-0.3, -0.25) is 4.90 Å². The Morgan fingerprint density at radius 2 is 2.00 bits per heavy atom. The van der Waals surface area contributed by atoms with Crippen LogP contribution in [-0.2, 0) is 22.9 Å². The van der Waals surface area contributed by atoms with Gasteiger partial charge in [0.1, 0.15) is 11.3 Å². The number of nitrogens with zero attached hydrogens (tertiary/aromatic N) is 1. The summed E-state index contributed by atoms with van der Waals surface area (Å²) in [5, 5.41) is 0.904. The zero-order chi connectivity index (χ0) is 22.9. The molecule has 3 aliphatic carbocycles. The van der Waals surface area contributed by atoms with Crippen molar-refractivity contribution in [3.63, 3.8) is 0 Å². The minimum Gasteiger partial charge on any atom is -0.460 e. The van der Waals surface area contributed by atoms with Crippen LogP contribution in [-0.4, -0.2) is 33.0 Å². The summed E-state index contributed by atoms with van der Waals surface area (Å²) in [5.41, 5.74) is 6.48. The molecule has 1 saturated carbocycles. The molecular formula is C28H34N2O3S. The van der Waals surface area contributed by atoms with Crippen molar-refractivity contribution < 1.29 is 15.7 Å². The van der Waals surface area contributed by atoms with Crippen LogP contribution in [0.4, 0.5) is 0 Å². The number of unbranched alkanes of at least 4 members (excludes halogenated alkanes) is 1. The van der Waals surface area contributed by atoms with E-state index < -0.39 is 10.0 Å². The molecule has 180 valence electrons. The van der Waals surface area contributed by atoms with Crippen LogP contribution >= 0.6 is 0 Å². The van der Waals surface area contributed by atoms with Crippen molar-refractivity contribution in [3.8, 4) is 0 Å². The first kappa shape index (κ1) is 20.9. The van der Waals surface area contributed by atoms with Gasteiger partial charge in [-0.2, -0.15) is 0 Å². The summed E-state index contributed by atoms with van der Waals surface area (Å²) in [7, 11) is -3.54. The monoisotopic (exact) mass is 478 g/mol. The van der Waals surface area contributed by atoms with Gasteiger partial charge in [-0.05, 0) is 85.9 Å². The van der Waals surface area contributed by atoms with Crippen LogP contribution in [0.3, 0.4) is 0 Å². The van der Waals surface area contributed by atoms with Crippen molar-refractivity contribution in [2.75, 3.05) is 19.6 Å². The van der Waals surface area contributed by atoms with Crippen molar-refractivity contribution in [2.45, 2.75) is 55.4 Å². The number of hydrogen-bond donors (Lipinski definition) is 1. The fourth-order valence-electron chi connectivity index (χ4n) is 6.43. The SMILES string of the molecule is O=S(=O)(NCCCCN1CCc2cccc3c2C1CC3)c1ccc2oc3c(c2c1)C=CC1CC31.[HH].[HH]. The number of fused-ring (bicyclic) bond motifs is 5. The van der Waals surface area contributed by atoms with Crippen molar-refractivity contribution in [1.29, 1.82) is 0 Å². The van der Waals surface area contributed by atoms with Gasteiger partial charge in [-0.15, -0.1) is 0 Å². The number of hydrogen-bond acceptors (Lipinski definition) is 4. The van der Waals surface area contributed by atoms with Gasteiger partial charge in [0, 0.05) is 38.9 Å². The lowest BCUT2D eigenvalue weighted by Crippen LogP contribution is -2.35. The topological polar surface area (TPSA) is 62.6 Å². The highest BCUT2D eigenvalue weighted by Gasteiger charge is 2.43. The van der Waals surface area contributed by atoms with E-state index in [4.69, 9.17) is 4.42 Å². The number of furan rings is 1. The van der Waals surface area contributed by atoms with E-state index in [1.807, 2.05) is 0 Å². The summed E-state index contributed by atoms with van der Waals surface area (Å²) in [4.78, 5) is 2.93. The Kier molecular flexibility index (Phi) is 4.80. The lowest BCUT2D eigenvalue weighted by atomic mass is 9.93. The maximum Gasteiger partial charge on any atom is 0.240 e. The van der Waals surface area contributed by atoms with Crippen LogP contribution in [0.5, 0.6) is 0 Å². The Bertz CT molecular complexity index is 1430. The van der Waals surface area contributed by atoms with E-state index in [-0.39, 0.29) is 2.85 Å². The number of benzene rings is 2. The summed E-state index contributed by atoms with van der Waals surface area (Å²) in [6.45, 7) is 2.60. The second kappa shape index (κ2) is 7.80. The van der Waals surface area contributed by atoms with Gasteiger partial charge in [0.15, 0.2) is 0 Å². The standard InChI is InChI=1S/C28H30N2O3S.2H2/c31-34(32,21-8-11-26-24(17-21)22-9-6-20-16-23(20)28(22)33-26)29-13-1-2-14-30-15-12-19-5-3-4-18-7-10-25(30)27(18)19;;/h3-6,8-9,11,17,20,23,25,29H,1-2,7,10,12-16H2;2*1H. The van der Waals surface area contributed by atoms with Crippen LogP contribution in [0.2, 0.25) is 0 Å². The largest absolute Gasteiger partial charge is 0.460 e. The van der Waals surface area contributed by atoms with Crippen molar-refractivity contribution in [2.24, 2.45) is 5.92 Å². The minimum atomic E-state index is -3.54. The molecule has 4 aliphatic rings. The highest BCUT2D eigenvalue weighted by Crippen LogP contribution is 2.54. The van der Waals surface area contributed by atoms with Crippen LogP contribution in [0, 0.1) is 5.92 Å². The average molecular weight is 479 g/mol. The average Bonchev–Trinajstić information content (AvgIpc) is 3.36. The molecule has 2 heterocycles. The van der Waals surface area contributed by atoms with Crippen LogP contribution in [0.25, 0.3) is 17.0 Å². The molecule has 3 atom stereocenters. The summed E-state index contributed by atoms with van der Waals surface area (Å²) in [5.74, 6) is 2.11. The number of allylic oxidation sites excluding steroid dienone is 1. The Morgan fingerprint density at radius 3 is 2.91 bits per heavy atom. The van der Waals surface area contributed by atoms with E-state index in [2.05, 4.69) is 40.0 Å². The van der Waals surface area contributed by atoms with E-state index in [9.17, 15) is 8.42 Å². The molecule has 0 spiro atoms. The van der Waals surface area contributed by atoms with E-state index >= 15 is 0 Å². The lowest BCUT2D eigenvalue weighted by molar-refractivity contribution is 0.182. The maximum atomic E-state index is 13.0. The zero-order valence-electron chi connectivity index (χ0n) is 19.3. The molecule has 0 saturated heterocycles. The second-order valence-corrected chi connectivity index (χ2v) is 12.1. The van der Waals surface area contributed by atoms with Gasteiger partial charge in [0.25, 0.3) is 0 Å². The Labute approximate surface area is 203 Å². The molecule has 1 aromatic heterocycles. The van der Waals surface area contributed by atoms with Gasteiger partial charge in [0.05, 0.1) is 4.90 Å². The van der Waals surface area contributed by atoms with E-state index in [1.165, 1.54) is 24.0 Å². The molecule has 3 unspecified atom stereocenters. The van der Waals surface area contributed by atoms with Crippen LogP contribution in [0.1, 0.15) is 68.5 Å². The molecule has 3 aromatic rings. The van der Waals surface area contributed by atoms with Gasteiger partial charge in [-0.25, -0.2) is 13.1 Å². The molecule has 7 rings (SSSR count). The number of aryl methyl sites for hydroxylation is 1. The van der Waals surface area contributed by atoms with Gasteiger partial charge >= 0.3 is 0 Å². The fourth-order valence-corrected chi connectivity index (χ4v) is 7.53. The number of nitrogens with one attached hydrogen (secondary N) is 1. The van der Waals surface area contributed by atoms with Gasteiger partial charge in [0.2, 0.25) is 10.0 Å². The molecule has 1 fully saturated rings. The Balaban J connectivity index is 0.00000133. The third-order valence-electron chi connectivity index (χ3n) is 8.30. The molecule has 5 nitrogen and oxygen atoms in total. The fraction of sp³-hybridized carbons (Fsp3) is 0.429. The van der Waals surface area contributed by atoms with Gasteiger partial charge in [-0.1, -0.05) is 30.4 Å². The Hall–Kier alpha value is -2.41. The molecule has 0 radical (unpaired) electrons. The third kappa shape index (κ3) is 3.38. The normalized spacial score (nSPS) is 24.8. The maximum absolute atomic E-state index is 13.0. The summed E-state index contributed by atoms with van der Waals surface area (Å²) in [6.07, 6.45) is 10.8. The molecular weight excluding hydrogens is 444 g/mol. The predicted molar refractivity (Wildman–Crippen MR) is 138 cm³/mol. The molecule has 6 heteroatoms. The Morgan fingerprint density at radius 1 is 1.12 bits per heavy atom. The van der Waals surface area contributed by atoms with Crippen molar-refractivity contribution >= 4 is 27.1 Å². The minimum absolute atomic E-state index is 0. The number of sulfonamides is 1. The zero-order valence-corrected chi connectivity index (χ0v) is 20.1. The van der Waals surface area contributed by atoms with Crippen molar-refractivity contribution in [1.82, 2.24) is 9.62 Å². The highest BCUT2D eigenvalue weighted by molar-refractivity contribution is 7.89. The van der Waals surface area contributed by atoms with Gasteiger partial charge < -0.3 is 4.42 Å². The van der Waals surface area contributed by atoms with Crippen LogP contribution in [0.15, 0.2) is 51.8 Å². The predicted octanol–water partition coefficient (Wildman–Crippen LogP) is 5.66. The first-order valence-electron chi connectivity index (χ1n) is 12.7. The lowest BCUT2D eigenvalue weighted by Gasteiger charge is -2.35. The first-order valence-corrected chi connectivity index (χ1v) is 14.2. The molecule has 2 aromatic carbocycles. The quantitative estimate of drug-likeness (QED) is 0.445. The second-order valence-electron chi connectivity index (χ2n) is 10.3. The summed E-state index contributed by atoms with van der Waals surface area (Å²) in [6, 6.07) is 12.6. The molecule has 34 heavy (non-hydrogen) atoms. The van der Waals surface area contributed by atoms with E-state index in [0.717, 1.165) is 61.1 Å². The first-order chi connectivity index (χ1) is 16.6. The molecule has 0 bridgehead atoms. The van der Waals surface area contributed by atoms with E-state index in [0.29, 0.717) is 29.3 Å². The molecule has 0 amide bonds. The smallest absolute Gasteiger partial charge is 0.240 e. The number of rotatable bonds is 7. The van der Waals surface area contributed by atoms with Crippen molar-refractivity contribution in [3.05, 3.63) is 70.5 Å².